The monoisotopic (exact) mass is 370 g/mol. The SMILES string of the molecule is Nc1c(C(=O)C2CCCN(C(=O)C3CCC3)C2)cnn1-c1ccc(F)cc1. The zero-order chi connectivity index (χ0) is 19.0. The summed E-state index contributed by atoms with van der Waals surface area (Å²) in [5, 5.41) is 4.20. The topological polar surface area (TPSA) is 81.2 Å². The molecule has 1 aromatic heterocycles. The van der Waals surface area contributed by atoms with E-state index in [4.69, 9.17) is 5.73 Å². The third-order valence-electron chi connectivity index (χ3n) is 5.70. The van der Waals surface area contributed by atoms with Crippen molar-refractivity contribution in [2.45, 2.75) is 32.1 Å². The first-order valence-corrected chi connectivity index (χ1v) is 9.47. The van der Waals surface area contributed by atoms with Crippen LogP contribution >= 0.6 is 0 Å². The number of carbonyl (C=O) groups excluding carboxylic acids is 2. The number of nitrogen functional groups attached to an aromatic ring is 1. The quantitative estimate of drug-likeness (QED) is 0.839. The van der Waals surface area contributed by atoms with E-state index in [9.17, 15) is 14.0 Å². The Bertz CT molecular complexity index is 857. The third kappa shape index (κ3) is 3.34. The van der Waals surface area contributed by atoms with Crippen LogP contribution in [0.1, 0.15) is 42.5 Å². The van der Waals surface area contributed by atoms with E-state index in [2.05, 4.69) is 5.10 Å². The Kier molecular flexibility index (Phi) is 4.68. The molecule has 142 valence electrons. The van der Waals surface area contributed by atoms with Gasteiger partial charge < -0.3 is 10.6 Å². The minimum absolute atomic E-state index is 0.0769. The Hall–Kier alpha value is -2.70. The number of nitrogens with two attached hydrogens (primary N) is 1. The molecule has 2 fully saturated rings. The summed E-state index contributed by atoms with van der Waals surface area (Å²) in [7, 11) is 0. The van der Waals surface area contributed by atoms with Crippen LogP contribution in [0, 0.1) is 17.7 Å². The van der Waals surface area contributed by atoms with Gasteiger partial charge in [-0.05, 0) is 49.9 Å². The summed E-state index contributed by atoms with van der Waals surface area (Å²) in [6, 6.07) is 5.77. The van der Waals surface area contributed by atoms with Gasteiger partial charge in [0.05, 0.1) is 17.4 Å². The molecule has 1 aliphatic carbocycles. The maximum Gasteiger partial charge on any atom is 0.225 e. The third-order valence-corrected chi connectivity index (χ3v) is 5.70. The van der Waals surface area contributed by atoms with Crippen molar-refractivity contribution in [2.24, 2.45) is 11.8 Å². The molecular formula is C20H23FN4O2. The van der Waals surface area contributed by atoms with Crippen LogP contribution in [0.15, 0.2) is 30.5 Å². The van der Waals surface area contributed by atoms with Crippen molar-refractivity contribution in [3.05, 3.63) is 41.8 Å². The first-order valence-electron chi connectivity index (χ1n) is 9.47. The lowest BCUT2D eigenvalue weighted by atomic mass is 9.83. The summed E-state index contributed by atoms with van der Waals surface area (Å²) in [6.45, 7) is 1.18. The van der Waals surface area contributed by atoms with E-state index in [1.165, 1.54) is 23.0 Å². The number of hydrogen-bond acceptors (Lipinski definition) is 4. The molecule has 0 radical (unpaired) electrons. The van der Waals surface area contributed by atoms with Gasteiger partial charge >= 0.3 is 0 Å². The molecule has 27 heavy (non-hydrogen) atoms. The van der Waals surface area contributed by atoms with Crippen molar-refractivity contribution >= 4 is 17.5 Å². The maximum absolute atomic E-state index is 13.1. The molecule has 1 amide bonds. The molecule has 1 saturated carbocycles. The summed E-state index contributed by atoms with van der Waals surface area (Å²) < 4.78 is 14.6. The lowest BCUT2D eigenvalue weighted by Gasteiger charge is -2.36. The van der Waals surface area contributed by atoms with Crippen molar-refractivity contribution in [3.8, 4) is 5.69 Å². The minimum Gasteiger partial charge on any atom is -0.383 e. The van der Waals surface area contributed by atoms with Gasteiger partial charge in [0.2, 0.25) is 5.91 Å². The molecule has 2 aromatic rings. The Morgan fingerprint density at radius 1 is 1.07 bits per heavy atom. The molecule has 1 aliphatic heterocycles. The highest BCUT2D eigenvalue weighted by Gasteiger charge is 2.35. The average Bonchev–Trinajstić information content (AvgIpc) is 3.02. The summed E-state index contributed by atoms with van der Waals surface area (Å²) in [4.78, 5) is 27.4. The second kappa shape index (κ2) is 7.13. The molecule has 2 aliphatic rings. The zero-order valence-electron chi connectivity index (χ0n) is 15.1. The Morgan fingerprint density at radius 3 is 2.44 bits per heavy atom. The van der Waals surface area contributed by atoms with Crippen LogP contribution in [0.4, 0.5) is 10.2 Å². The number of hydrogen-bond donors (Lipinski definition) is 1. The molecule has 2 N–H and O–H groups in total. The highest BCUT2D eigenvalue weighted by atomic mass is 19.1. The number of anilines is 1. The number of rotatable bonds is 4. The Balaban J connectivity index is 1.50. The fraction of sp³-hybridized carbons (Fsp3) is 0.450. The molecule has 0 spiro atoms. The van der Waals surface area contributed by atoms with Crippen LogP contribution < -0.4 is 5.73 Å². The number of Topliss-reactive ketones (excluding diaryl/α,β-unsaturated/α-hetero) is 1. The van der Waals surface area contributed by atoms with Crippen molar-refractivity contribution in [1.29, 1.82) is 0 Å². The van der Waals surface area contributed by atoms with Gasteiger partial charge in [0.15, 0.2) is 5.78 Å². The van der Waals surface area contributed by atoms with Crippen LogP contribution in [0.3, 0.4) is 0 Å². The molecule has 1 saturated heterocycles. The van der Waals surface area contributed by atoms with Crippen LogP contribution in [0.5, 0.6) is 0 Å². The van der Waals surface area contributed by atoms with E-state index in [1.807, 2.05) is 4.90 Å². The smallest absolute Gasteiger partial charge is 0.225 e. The molecular weight excluding hydrogens is 347 g/mol. The van der Waals surface area contributed by atoms with Gasteiger partial charge in [-0.1, -0.05) is 6.42 Å². The zero-order valence-corrected chi connectivity index (χ0v) is 15.1. The molecule has 0 bridgehead atoms. The van der Waals surface area contributed by atoms with Crippen molar-refractivity contribution in [1.82, 2.24) is 14.7 Å². The number of ketones is 1. The van der Waals surface area contributed by atoms with Crippen LogP contribution in [-0.2, 0) is 4.79 Å². The van der Waals surface area contributed by atoms with Gasteiger partial charge in [0.1, 0.15) is 11.6 Å². The Labute approximate surface area is 157 Å². The molecule has 1 aromatic carbocycles. The molecule has 6 nitrogen and oxygen atoms in total. The number of benzene rings is 1. The number of piperidine rings is 1. The van der Waals surface area contributed by atoms with E-state index in [-0.39, 0.29) is 35.2 Å². The summed E-state index contributed by atoms with van der Waals surface area (Å²) in [6.07, 6.45) is 6.07. The van der Waals surface area contributed by atoms with Crippen LogP contribution in [0.25, 0.3) is 5.69 Å². The van der Waals surface area contributed by atoms with Crippen LogP contribution in [0.2, 0.25) is 0 Å². The Morgan fingerprint density at radius 2 is 1.78 bits per heavy atom. The number of likely N-dealkylation sites (tertiary alicyclic amines) is 1. The first kappa shape index (κ1) is 17.7. The standard InChI is InChI=1S/C20H23FN4O2/c21-15-6-8-16(9-7-15)25-19(22)17(11-23-25)18(26)14-5-2-10-24(12-14)20(27)13-3-1-4-13/h6-9,11,13-14H,1-5,10,12,22H2. The van der Waals surface area contributed by atoms with Crippen LogP contribution in [-0.4, -0.2) is 39.5 Å². The summed E-state index contributed by atoms with van der Waals surface area (Å²) in [5.74, 6) is -0.102. The van der Waals surface area contributed by atoms with Gasteiger partial charge in [-0.25, -0.2) is 9.07 Å². The van der Waals surface area contributed by atoms with Gasteiger partial charge in [-0.15, -0.1) is 0 Å². The lowest BCUT2D eigenvalue weighted by molar-refractivity contribution is -0.139. The van der Waals surface area contributed by atoms with E-state index >= 15 is 0 Å². The maximum atomic E-state index is 13.1. The normalized spacial score (nSPS) is 20.3. The second-order valence-corrected chi connectivity index (χ2v) is 7.45. The van der Waals surface area contributed by atoms with Gasteiger partial charge in [-0.2, -0.15) is 5.10 Å². The lowest BCUT2D eigenvalue weighted by Crippen LogP contribution is -2.46. The highest BCUT2D eigenvalue weighted by molar-refractivity contribution is 6.02. The number of halogens is 1. The number of amides is 1. The average molecular weight is 370 g/mol. The highest BCUT2D eigenvalue weighted by Crippen LogP contribution is 2.31. The predicted octanol–water partition coefficient (Wildman–Crippen LogP) is 2.82. The van der Waals surface area contributed by atoms with E-state index < -0.39 is 0 Å². The van der Waals surface area contributed by atoms with Crippen molar-refractivity contribution in [2.75, 3.05) is 18.8 Å². The number of nitrogens with zero attached hydrogens (tertiary/aromatic N) is 3. The molecule has 4 rings (SSSR count). The first-order chi connectivity index (χ1) is 13.0. The molecule has 1 atom stereocenters. The van der Waals surface area contributed by atoms with Gasteiger partial charge in [0, 0.05) is 24.9 Å². The minimum atomic E-state index is -0.348. The second-order valence-electron chi connectivity index (χ2n) is 7.45. The fourth-order valence-corrected chi connectivity index (χ4v) is 3.86. The van der Waals surface area contributed by atoms with E-state index in [0.717, 1.165) is 38.6 Å². The number of aromatic nitrogens is 2. The summed E-state index contributed by atoms with van der Waals surface area (Å²) >= 11 is 0. The molecule has 2 heterocycles. The fourth-order valence-electron chi connectivity index (χ4n) is 3.86. The van der Waals surface area contributed by atoms with Crippen molar-refractivity contribution < 1.29 is 14.0 Å². The number of carbonyl (C=O) groups is 2. The van der Waals surface area contributed by atoms with Gasteiger partial charge in [-0.3, -0.25) is 9.59 Å². The molecule has 7 heteroatoms. The largest absolute Gasteiger partial charge is 0.383 e. The predicted molar refractivity (Wildman–Crippen MR) is 98.9 cm³/mol. The summed E-state index contributed by atoms with van der Waals surface area (Å²) in [5.41, 5.74) is 7.12. The van der Waals surface area contributed by atoms with Crippen molar-refractivity contribution in [3.63, 3.8) is 0 Å². The molecule has 1 unspecified atom stereocenters. The van der Waals surface area contributed by atoms with E-state index in [1.54, 1.807) is 12.1 Å². The van der Waals surface area contributed by atoms with E-state index in [0.29, 0.717) is 17.8 Å². The van der Waals surface area contributed by atoms with Gasteiger partial charge in [0.25, 0.3) is 0 Å².